The Morgan fingerprint density at radius 1 is 1.48 bits per heavy atom. The fraction of sp³-hybridized carbons (Fsp3) is 0.647. The lowest BCUT2D eigenvalue weighted by molar-refractivity contribution is 0.195. The van der Waals surface area contributed by atoms with Crippen molar-refractivity contribution in [1.29, 1.82) is 0 Å². The lowest BCUT2D eigenvalue weighted by atomic mass is 9.75. The third-order valence-electron chi connectivity index (χ3n) is 4.76. The molecule has 2 rings (SSSR count). The maximum Gasteiger partial charge on any atom is 0.147 e. The van der Waals surface area contributed by atoms with Gasteiger partial charge in [0.2, 0.25) is 0 Å². The zero-order chi connectivity index (χ0) is 15.6. The van der Waals surface area contributed by atoms with E-state index >= 15 is 0 Å². The van der Waals surface area contributed by atoms with Crippen molar-refractivity contribution < 1.29 is 4.39 Å². The van der Waals surface area contributed by atoms with Gasteiger partial charge in [-0.2, -0.15) is 0 Å². The minimum absolute atomic E-state index is 0.0352. The SMILES string of the molecule is CCCNC(c1ccc(Br)c(Cl)c1F)C1CCCC1(C)C. The van der Waals surface area contributed by atoms with Crippen LogP contribution < -0.4 is 5.32 Å². The van der Waals surface area contributed by atoms with E-state index in [1.807, 2.05) is 12.1 Å². The maximum absolute atomic E-state index is 14.6. The van der Waals surface area contributed by atoms with Crippen molar-refractivity contribution >= 4 is 27.5 Å². The molecule has 21 heavy (non-hydrogen) atoms. The molecule has 1 aliphatic carbocycles. The van der Waals surface area contributed by atoms with Crippen molar-refractivity contribution in [2.24, 2.45) is 11.3 Å². The Labute approximate surface area is 140 Å². The highest BCUT2D eigenvalue weighted by Crippen LogP contribution is 2.49. The van der Waals surface area contributed by atoms with Gasteiger partial charge in [-0.25, -0.2) is 4.39 Å². The van der Waals surface area contributed by atoms with Crippen LogP contribution in [-0.4, -0.2) is 6.54 Å². The minimum atomic E-state index is -0.289. The summed E-state index contributed by atoms with van der Waals surface area (Å²) < 4.78 is 15.3. The molecule has 1 aromatic carbocycles. The maximum atomic E-state index is 14.6. The summed E-state index contributed by atoms with van der Waals surface area (Å²) in [5.41, 5.74) is 0.939. The molecule has 1 aliphatic rings. The van der Waals surface area contributed by atoms with Gasteiger partial charge < -0.3 is 5.32 Å². The first kappa shape index (κ1) is 17.2. The summed E-state index contributed by atoms with van der Waals surface area (Å²) in [5, 5.41) is 3.74. The second-order valence-corrected chi connectivity index (χ2v) is 7.92. The van der Waals surface area contributed by atoms with E-state index in [1.54, 1.807) is 0 Å². The summed E-state index contributed by atoms with van der Waals surface area (Å²) in [5.74, 6) is 0.151. The zero-order valence-corrected chi connectivity index (χ0v) is 15.3. The van der Waals surface area contributed by atoms with Crippen LogP contribution in [0.5, 0.6) is 0 Å². The van der Waals surface area contributed by atoms with Crippen LogP contribution in [0, 0.1) is 17.2 Å². The summed E-state index contributed by atoms with van der Waals surface area (Å²) in [6, 6.07) is 3.75. The summed E-state index contributed by atoms with van der Waals surface area (Å²) in [6.45, 7) is 7.62. The molecule has 0 spiro atoms. The lowest BCUT2D eigenvalue weighted by Crippen LogP contribution is -2.35. The number of nitrogens with one attached hydrogen (secondary N) is 1. The van der Waals surface area contributed by atoms with E-state index in [4.69, 9.17) is 11.6 Å². The van der Waals surface area contributed by atoms with Gasteiger partial charge in [0.15, 0.2) is 0 Å². The molecule has 118 valence electrons. The van der Waals surface area contributed by atoms with Crippen LogP contribution >= 0.6 is 27.5 Å². The standard InChI is InChI=1S/C17H24BrClFN/c1-4-10-21-16(12-6-5-9-17(12,2)3)11-7-8-13(18)14(19)15(11)20/h7-8,12,16,21H,4-6,9-10H2,1-3H3. The van der Waals surface area contributed by atoms with Gasteiger partial charge in [0.05, 0.1) is 5.02 Å². The summed E-state index contributed by atoms with van der Waals surface area (Å²) >= 11 is 9.38. The molecule has 1 N–H and O–H groups in total. The fourth-order valence-electron chi connectivity index (χ4n) is 3.52. The van der Waals surface area contributed by atoms with E-state index in [2.05, 4.69) is 42.0 Å². The van der Waals surface area contributed by atoms with Gasteiger partial charge in [-0.05, 0) is 59.1 Å². The van der Waals surface area contributed by atoms with Crippen LogP contribution in [-0.2, 0) is 0 Å². The summed E-state index contributed by atoms with van der Waals surface area (Å²) in [6.07, 6.45) is 4.60. The first-order chi connectivity index (χ1) is 9.88. The van der Waals surface area contributed by atoms with Crippen LogP contribution in [0.1, 0.15) is 58.1 Å². The van der Waals surface area contributed by atoms with Gasteiger partial charge in [0.1, 0.15) is 5.82 Å². The molecule has 0 radical (unpaired) electrons. The molecule has 0 heterocycles. The highest BCUT2D eigenvalue weighted by molar-refractivity contribution is 9.10. The molecule has 1 aromatic rings. The van der Waals surface area contributed by atoms with E-state index in [9.17, 15) is 4.39 Å². The van der Waals surface area contributed by atoms with Crippen molar-refractivity contribution in [3.63, 3.8) is 0 Å². The Kier molecular flexibility index (Phi) is 5.72. The average Bonchev–Trinajstić information content (AvgIpc) is 2.78. The van der Waals surface area contributed by atoms with Gasteiger partial charge in [-0.1, -0.05) is 44.9 Å². The average molecular weight is 377 g/mol. The van der Waals surface area contributed by atoms with Gasteiger partial charge in [0.25, 0.3) is 0 Å². The third kappa shape index (κ3) is 3.62. The van der Waals surface area contributed by atoms with Crippen molar-refractivity contribution in [2.45, 2.75) is 52.5 Å². The third-order valence-corrected chi connectivity index (χ3v) is 6.02. The molecular formula is C17H24BrClFN. The predicted molar refractivity (Wildman–Crippen MR) is 91.3 cm³/mol. The van der Waals surface area contributed by atoms with E-state index in [1.165, 1.54) is 12.8 Å². The molecule has 4 heteroatoms. The van der Waals surface area contributed by atoms with E-state index in [0.717, 1.165) is 19.4 Å². The van der Waals surface area contributed by atoms with Crippen LogP contribution in [0.2, 0.25) is 5.02 Å². The molecular weight excluding hydrogens is 353 g/mol. The lowest BCUT2D eigenvalue weighted by Gasteiger charge is -2.35. The minimum Gasteiger partial charge on any atom is -0.310 e. The van der Waals surface area contributed by atoms with E-state index in [0.29, 0.717) is 16.0 Å². The van der Waals surface area contributed by atoms with Crippen LogP contribution in [0.15, 0.2) is 16.6 Å². The Morgan fingerprint density at radius 3 is 2.76 bits per heavy atom. The van der Waals surface area contributed by atoms with Gasteiger partial charge in [-0.15, -0.1) is 0 Å². The summed E-state index contributed by atoms with van der Waals surface area (Å²) in [4.78, 5) is 0. The molecule has 2 unspecified atom stereocenters. The van der Waals surface area contributed by atoms with Crippen molar-refractivity contribution in [3.05, 3.63) is 33.0 Å². The van der Waals surface area contributed by atoms with Crippen LogP contribution in [0.3, 0.4) is 0 Å². The Bertz CT molecular complexity index is 504. The Hall–Kier alpha value is -0.120. The molecule has 0 bridgehead atoms. The van der Waals surface area contributed by atoms with E-state index in [-0.39, 0.29) is 22.3 Å². The van der Waals surface area contributed by atoms with Gasteiger partial charge >= 0.3 is 0 Å². The first-order valence-electron chi connectivity index (χ1n) is 7.75. The van der Waals surface area contributed by atoms with E-state index < -0.39 is 0 Å². The van der Waals surface area contributed by atoms with Crippen molar-refractivity contribution in [3.8, 4) is 0 Å². The Balaban J connectivity index is 2.39. The number of halogens is 3. The largest absolute Gasteiger partial charge is 0.310 e. The smallest absolute Gasteiger partial charge is 0.147 e. The number of rotatable bonds is 5. The first-order valence-corrected chi connectivity index (χ1v) is 8.92. The monoisotopic (exact) mass is 375 g/mol. The Morgan fingerprint density at radius 2 is 2.19 bits per heavy atom. The fourth-order valence-corrected chi connectivity index (χ4v) is 4.00. The van der Waals surface area contributed by atoms with Crippen LogP contribution in [0.25, 0.3) is 0 Å². The zero-order valence-electron chi connectivity index (χ0n) is 13.0. The molecule has 1 saturated carbocycles. The molecule has 1 nitrogen and oxygen atoms in total. The molecule has 0 amide bonds. The second kappa shape index (κ2) is 6.97. The molecule has 2 atom stereocenters. The van der Waals surface area contributed by atoms with Crippen molar-refractivity contribution in [1.82, 2.24) is 5.32 Å². The van der Waals surface area contributed by atoms with Crippen LogP contribution in [0.4, 0.5) is 4.39 Å². The quantitative estimate of drug-likeness (QED) is 0.611. The van der Waals surface area contributed by atoms with Gasteiger partial charge in [-0.3, -0.25) is 0 Å². The molecule has 1 fully saturated rings. The normalized spacial score (nSPS) is 22.5. The molecule has 0 aliphatic heterocycles. The molecule has 0 saturated heterocycles. The molecule has 0 aromatic heterocycles. The number of hydrogen-bond acceptors (Lipinski definition) is 1. The second-order valence-electron chi connectivity index (χ2n) is 6.68. The summed E-state index contributed by atoms with van der Waals surface area (Å²) in [7, 11) is 0. The topological polar surface area (TPSA) is 12.0 Å². The van der Waals surface area contributed by atoms with Crippen molar-refractivity contribution in [2.75, 3.05) is 6.54 Å². The number of hydrogen-bond donors (Lipinski definition) is 1. The highest BCUT2D eigenvalue weighted by atomic mass is 79.9. The highest BCUT2D eigenvalue weighted by Gasteiger charge is 2.40. The predicted octanol–water partition coefficient (Wildman–Crippen LogP) is 6.11. The van der Waals surface area contributed by atoms with Gasteiger partial charge in [0, 0.05) is 16.1 Å². The number of benzene rings is 1.